The van der Waals surface area contributed by atoms with Crippen LogP contribution in [-0.2, 0) is 9.59 Å². The highest BCUT2D eigenvalue weighted by Crippen LogP contribution is 2.24. The fourth-order valence-electron chi connectivity index (χ4n) is 4.21. The lowest BCUT2D eigenvalue weighted by atomic mass is 9.97. The maximum atomic E-state index is 12.7. The summed E-state index contributed by atoms with van der Waals surface area (Å²) in [5, 5.41) is 0. The molecule has 0 unspecified atom stereocenters. The summed E-state index contributed by atoms with van der Waals surface area (Å²) in [5.74, 6) is -1.39. The Labute approximate surface area is 171 Å². The SMILES string of the molecule is O=C1C(=O)N(CN2CC=C(c3ccccc3)CC2)C(=O)N1CCC1=CCCCC1. The lowest BCUT2D eigenvalue weighted by Gasteiger charge is -2.29. The van der Waals surface area contributed by atoms with Crippen LogP contribution in [0.1, 0.15) is 44.1 Å². The summed E-state index contributed by atoms with van der Waals surface area (Å²) in [6.45, 7) is 1.87. The predicted octanol–water partition coefficient (Wildman–Crippen LogP) is 3.41. The Morgan fingerprint density at radius 1 is 0.862 bits per heavy atom. The third-order valence-electron chi connectivity index (χ3n) is 5.96. The normalized spacial score (nSPS) is 20.9. The predicted molar refractivity (Wildman–Crippen MR) is 111 cm³/mol. The van der Waals surface area contributed by atoms with Gasteiger partial charge in [0.2, 0.25) is 0 Å². The lowest BCUT2D eigenvalue weighted by Crippen LogP contribution is -2.43. The Morgan fingerprint density at radius 2 is 1.66 bits per heavy atom. The van der Waals surface area contributed by atoms with Crippen molar-refractivity contribution in [3.05, 3.63) is 53.6 Å². The van der Waals surface area contributed by atoms with Crippen molar-refractivity contribution in [1.29, 1.82) is 0 Å². The molecular formula is C23H27N3O3. The molecule has 0 radical (unpaired) electrons. The van der Waals surface area contributed by atoms with Crippen LogP contribution in [0.2, 0.25) is 0 Å². The zero-order valence-corrected chi connectivity index (χ0v) is 16.7. The summed E-state index contributed by atoms with van der Waals surface area (Å²) in [7, 11) is 0. The molecule has 4 amide bonds. The van der Waals surface area contributed by atoms with Gasteiger partial charge in [-0.05, 0) is 49.7 Å². The number of carbonyl (C=O) groups excluding carboxylic acids is 3. The van der Waals surface area contributed by atoms with Crippen LogP contribution < -0.4 is 0 Å². The monoisotopic (exact) mass is 393 g/mol. The van der Waals surface area contributed by atoms with Crippen LogP contribution in [0.15, 0.2) is 48.1 Å². The maximum Gasteiger partial charge on any atom is 0.335 e. The highest BCUT2D eigenvalue weighted by molar-refractivity contribution is 6.44. The average molecular weight is 393 g/mol. The zero-order chi connectivity index (χ0) is 20.2. The van der Waals surface area contributed by atoms with Crippen LogP contribution in [0, 0.1) is 0 Å². The molecule has 6 nitrogen and oxygen atoms in total. The Balaban J connectivity index is 1.35. The maximum absolute atomic E-state index is 12.7. The molecule has 1 aromatic rings. The van der Waals surface area contributed by atoms with Gasteiger partial charge in [-0.3, -0.25) is 19.4 Å². The van der Waals surface area contributed by atoms with Gasteiger partial charge >= 0.3 is 17.8 Å². The van der Waals surface area contributed by atoms with E-state index in [1.165, 1.54) is 23.1 Å². The van der Waals surface area contributed by atoms with Crippen molar-refractivity contribution < 1.29 is 14.4 Å². The van der Waals surface area contributed by atoms with Gasteiger partial charge in [0.1, 0.15) is 0 Å². The lowest BCUT2D eigenvalue weighted by molar-refractivity contribution is -0.143. The number of carbonyl (C=O) groups is 3. The summed E-state index contributed by atoms with van der Waals surface area (Å²) in [4.78, 5) is 41.7. The summed E-state index contributed by atoms with van der Waals surface area (Å²) in [5.41, 5.74) is 3.77. The molecule has 6 heteroatoms. The first kappa shape index (κ1) is 19.6. The molecule has 1 aliphatic carbocycles. The van der Waals surface area contributed by atoms with Gasteiger partial charge in [0, 0.05) is 19.6 Å². The average Bonchev–Trinajstić information content (AvgIpc) is 2.97. The number of allylic oxidation sites excluding steroid dienone is 1. The summed E-state index contributed by atoms with van der Waals surface area (Å²) < 4.78 is 0. The molecule has 1 aromatic carbocycles. The van der Waals surface area contributed by atoms with Crippen LogP contribution in [0.25, 0.3) is 5.57 Å². The molecule has 29 heavy (non-hydrogen) atoms. The number of rotatable bonds is 6. The first-order valence-electron chi connectivity index (χ1n) is 10.5. The summed E-state index contributed by atoms with van der Waals surface area (Å²) >= 11 is 0. The van der Waals surface area contributed by atoms with E-state index >= 15 is 0 Å². The van der Waals surface area contributed by atoms with Gasteiger partial charge in [-0.2, -0.15) is 0 Å². The van der Waals surface area contributed by atoms with Gasteiger partial charge in [-0.15, -0.1) is 0 Å². The van der Waals surface area contributed by atoms with Gasteiger partial charge in [-0.25, -0.2) is 9.69 Å². The molecular weight excluding hydrogens is 366 g/mol. The molecule has 2 heterocycles. The quantitative estimate of drug-likeness (QED) is 0.422. The molecule has 152 valence electrons. The molecule has 0 N–H and O–H groups in total. The molecule has 2 aliphatic heterocycles. The topological polar surface area (TPSA) is 60.9 Å². The van der Waals surface area contributed by atoms with Crippen molar-refractivity contribution in [2.24, 2.45) is 0 Å². The zero-order valence-electron chi connectivity index (χ0n) is 16.7. The van der Waals surface area contributed by atoms with E-state index in [2.05, 4.69) is 24.3 Å². The van der Waals surface area contributed by atoms with Gasteiger partial charge in [0.15, 0.2) is 0 Å². The minimum atomic E-state index is -0.703. The molecule has 1 fully saturated rings. The largest absolute Gasteiger partial charge is 0.335 e. The minimum Gasteiger partial charge on any atom is -0.281 e. The van der Waals surface area contributed by atoms with E-state index in [1.807, 2.05) is 23.1 Å². The van der Waals surface area contributed by atoms with Crippen molar-refractivity contribution in [1.82, 2.24) is 14.7 Å². The molecule has 4 rings (SSSR count). The summed E-state index contributed by atoms with van der Waals surface area (Å²) in [6.07, 6.45) is 10.3. The second-order valence-electron chi connectivity index (χ2n) is 7.89. The van der Waals surface area contributed by atoms with E-state index in [9.17, 15) is 14.4 Å². The molecule has 0 bridgehead atoms. The Hall–Kier alpha value is -2.73. The van der Waals surface area contributed by atoms with Gasteiger partial charge < -0.3 is 0 Å². The number of nitrogens with zero attached hydrogens (tertiary/aromatic N) is 3. The van der Waals surface area contributed by atoms with E-state index in [0.29, 0.717) is 19.5 Å². The highest BCUT2D eigenvalue weighted by Gasteiger charge is 2.44. The second kappa shape index (κ2) is 8.74. The minimum absolute atomic E-state index is 0.168. The van der Waals surface area contributed by atoms with Crippen LogP contribution in [0.5, 0.6) is 0 Å². The van der Waals surface area contributed by atoms with Gasteiger partial charge in [0.05, 0.1) is 6.67 Å². The van der Waals surface area contributed by atoms with E-state index in [-0.39, 0.29) is 6.67 Å². The second-order valence-corrected chi connectivity index (χ2v) is 7.89. The number of hydrogen-bond acceptors (Lipinski definition) is 4. The number of urea groups is 1. The van der Waals surface area contributed by atoms with Crippen LogP contribution in [-0.4, -0.2) is 58.8 Å². The summed E-state index contributed by atoms with van der Waals surface area (Å²) in [6, 6.07) is 9.74. The highest BCUT2D eigenvalue weighted by atomic mass is 16.2. The van der Waals surface area contributed by atoms with Crippen molar-refractivity contribution in [2.45, 2.75) is 38.5 Å². The van der Waals surface area contributed by atoms with E-state index in [0.717, 1.165) is 42.0 Å². The van der Waals surface area contributed by atoms with Gasteiger partial charge in [0.25, 0.3) is 0 Å². The number of hydrogen-bond donors (Lipinski definition) is 0. The van der Waals surface area contributed by atoms with Gasteiger partial charge in [-0.1, -0.05) is 48.1 Å². The van der Waals surface area contributed by atoms with Crippen LogP contribution in [0.3, 0.4) is 0 Å². The Morgan fingerprint density at radius 3 is 2.34 bits per heavy atom. The number of amides is 4. The molecule has 0 saturated carbocycles. The van der Waals surface area contributed by atoms with Crippen LogP contribution in [0.4, 0.5) is 4.79 Å². The fraction of sp³-hybridized carbons (Fsp3) is 0.435. The standard InChI is InChI=1S/C23H27N3O3/c27-21-22(28)26(23(29)25(21)16-11-18-7-3-1-4-8-18)17-24-14-12-20(13-15-24)19-9-5-2-6-10-19/h2,5-7,9-10,12H,1,3-4,8,11,13-17H2. The van der Waals surface area contributed by atoms with E-state index < -0.39 is 17.8 Å². The Kier molecular flexibility index (Phi) is 5.90. The van der Waals surface area contributed by atoms with Crippen molar-refractivity contribution >= 4 is 23.4 Å². The number of benzene rings is 1. The molecule has 1 saturated heterocycles. The van der Waals surface area contributed by atoms with Crippen molar-refractivity contribution in [2.75, 3.05) is 26.3 Å². The van der Waals surface area contributed by atoms with E-state index in [4.69, 9.17) is 0 Å². The first-order chi connectivity index (χ1) is 14.1. The third kappa shape index (κ3) is 4.32. The fourth-order valence-corrected chi connectivity index (χ4v) is 4.21. The molecule has 0 atom stereocenters. The molecule has 3 aliphatic rings. The Bertz CT molecular complexity index is 859. The van der Waals surface area contributed by atoms with Crippen LogP contribution >= 0.6 is 0 Å². The van der Waals surface area contributed by atoms with E-state index in [1.54, 1.807) is 0 Å². The smallest absolute Gasteiger partial charge is 0.281 e. The van der Waals surface area contributed by atoms with Crippen molar-refractivity contribution in [3.63, 3.8) is 0 Å². The first-order valence-corrected chi connectivity index (χ1v) is 10.5. The number of imide groups is 2. The van der Waals surface area contributed by atoms with Crippen molar-refractivity contribution in [3.8, 4) is 0 Å². The molecule has 0 spiro atoms. The molecule has 0 aromatic heterocycles. The third-order valence-corrected chi connectivity index (χ3v) is 5.96.